The van der Waals surface area contributed by atoms with E-state index in [-0.39, 0.29) is 0 Å². The first-order valence-corrected chi connectivity index (χ1v) is 10.2. The molecule has 2 N–H and O–H groups in total. The van der Waals surface area contributed by atoms with Gasteiger partial charge in [-0.25, -0.2) is 8.42 Å². The number of aromatic amines is 1. The van der Waals surface area contributed by atoms with Gasteiger partial charge in [-0.1, -0.05) is 42.8 Å². The van der Waals surface area contributed by atoms with Crippen molar-refractivity contribution in [2.24, 2.45) is 0 Å². The second-order valence-corrected chi connectivity index (χ2v) is 8.24. The predicted octanol–water partition coefficient (Wildman–Crippen LogP) is 3.81. The number of nitrogens with zero attached hydrogens (tertiary/aromatic N) is 2. The number of hydrogen-bond acceptors (Lipinski definition) is 4. The zero-order chi connectivity index (χ0) is 18.9. The van der Waals surface area contributed by atoms with Gasteiger partial charge in [0.2, 0.25) is 10.0 Å². The Hall–Kier alpha value is -2.56. The first-order chi connectivity index (χ1) is 12.3. The third-order valence-electron chi connectivity index (χ3n) is 4.37. The minimum absolute atomic E-state index is 0.367. The van der Waals surface area contributed by atoms with Crippen LogP contribution < -0.4 is 4.72 Å². The van der Waals surface area contributed by atoms with Crippen molar-refractivity contribution in [1.82, 2.24) is 10.2 Å². The van der Waals surface area contributed by atoms with Gasteiger partial charge in [0.15, 0.2) is 0 Å². The molecule has 8 heteroatoms. The summed E-state index contributed by atoms with van der Waals surface area (Å²) >= 11 is 5.98. The van der Waals surface area contributed by atoms with E-state index in [1.54, 1.807) is 24.3 Å². The van der Waals surface area contributed by atoms with Crippen LogP contribution in [0.5, 0.6) is 0 Å². The Morgan fingerprint density at radius 1 is 1.27 bits per heavy atom. The van der Waals surface area contributed by atoms with Crippen LogP contribution in [-0.4, -0.2) is 24.9 Å². The molecular formula is C18H17ClN4O2S. The number of hydrogen-bond donors (Lipinski definition) is 2. The number of aromatic nitrogens is 2. The van der Waals surface area contributed by atoms with Crippen molar-refractivity contribution in [3.63, 3.8) is 0 Å². The van der Waals surface area contributed by atoms with E-state index in [4.69, 9.17) is 11.6 Å². The molecule has 134 valence electrons. The van der Waals surface area contributed by atoms with E-state index in [0.717, 1.165) is 11.8 Å². The molecule has 0 spiro atoms. The molecular weight excluding hydrogens is 372 g/mol. The molecule has 1 heterocycles. The topological polar surface area (TPSA) is 98.6 Å². The fourth-order valence-electron chi connectivity index (χ4n) is 3.10. The van der Waals surface area contributed by atoms with E-state index >= 15 is 0 Å². The maximum absolute atomic E-state index is 11.6. The molecule has 0 aliphatic rings. The van der Waals surface area contributed by atoms with Crippen molar-refractivity contribution >= 4 is 38.2 Å². The van der Waals surface area contributed by atoms with Crippen molar-refractivity contribution in [1.29, 1.82) is 5.26 Å². The molecule has 1 unspecified atom stereocenters. The van der Waals surface area contributed by atoms with Crippen molar-refractivity contribution in [3.05, 3.63) is 58.7 Å². The number of rotatable bonds is 5. The van der Waals surface area contributed by atoms with Crippen molar-refractivity contribution < 1.29 is 8.42 Å². The van der Waals surface area contributed by atoms with Gasteiger partial charge < -0.3 is 0 Å². The average molecular weight is 389 g/mol. The molecule has 0 aliphatic heterocycles. The number of nitriles is 1. The lowest BCUT2D eigenvalue weighted by Crippen LogP contribution is -2.25. The molecule has 0 bridgehead atoms. The van der Waals surface area contributed by atoms with Gasteiger partial charge in [0, 0.05) is 10.4 Å². The normalized spacial score (nSPS) is 13.9. The van der Waals surface area contributed by atoms with Crippen LogP contribution >= 0.6 is 11.6 Å². The van der Waals surface area contributed by atoms with Crippen LogP contribution in [0.4, 0.5) is 5.69 Å². The van der Waals surface area contributed by atoms with E-state index in [0.29, 0.717) is 33.7 Å². The fourth-order valence-corrected chi connectivity index (χ4v) is 3.79. The van der Waals surface area contributed by atoms with Gasteiger partial charge in [0.05, 0.1) is 23.7 Å². The number of nitrogens with one attached hydrogen (secondary N) is 2. The number of halogens is 1. The highest BCUT2D eigenvalue weighted by Crippen LogP contribution is 2.39. The van der Waals surface area contributed by atoms with E-state index < -0.39 is 15.4 Å². The largest absolute Gasteiger partial charge is 0.281 e. The molecule has 26 heavy (non-hydrogen) atoms. The smallest absolute Gasteiger partial charge is 0.229 e. The zero-order valence-electron chi connectivity index (χ0n) is 14.2. The first kappa shape index (κ1) is 18.2. The van der Waals surface area contributed by atoms with Crippen molar-refractivity contribution in [2.45, 2.75) is 18.8 Å². The predicted molar refractivity (Wildman–Crippen MR) is 103 cm³/mol. The minimum Gasteiger partial charge on any atom is -0.281 e. The Bertz CT molecular complexity index is 1100. The summed E-state index contributed by atoms with van der Waals surface area (Å²) in [6, 6.07) is 14.7. The van der Waals surface area contributed by atoms with Gasteiger partial charge >= 0.3 is 0 Å². The fraction of sp³-hybridized carbons (Fsp3) is 0.222. The molecule has 0 radical (unpaired) electrons. The standard InChI is InChI=1S/C18H17ClN4O2S/c1-3-18(11-20,12-7-9-13(19)10-8-12)17-14-5-4-6-15(16(14)21-22-17)23-26(2,24)25/h4-10,23H,3H2,1-2H3,(H,21,22). The third kappa shape index (κ3) is 3.14. The molecule has 0 fully saturated rings. The zero-order valence-corrected chi connectivity index (χ0v) is 15.8. The average Bonchev–Trinajstić information content (AvgIpc) is 3.03. The molecule has 0 amide bonds. The highest BCUT2D eigenvalue weighted by molar-refractivity contribution is 7.92. The lowest BCUT2D eigenvalue weighted by molar-refractivity contribution is 0.607. The summed E-state index contributed by atoms with van der Waals surface area (Å²) in [5.74, 6) is 0. The van der Waals surface area contributed by atoms with Crippen LogP contribution in [0.15, 0.2) is 42.5 Å². The van der Waals surface area contributed by atoms with E-state index in [1.165, 1.54) is 0 Å². The molecule has 3 aromatic rings. The second-order valence-electron chi connectivity index (χ2n) is 6.05. The maximum atomic E-state index is 11.6. The number of benzene rings is 2. The summed E-state index contributed by atoms with van der Waals surface area (Å²) in [6.45, 7) is 1.92. The van der Waals surface area contributed by atoms with E-state index in [9.17, 15) is 13.7 Å². The monoisotopic (exact) mass is 388 g/mol. The lowest BCUT2D eigenvalue weighted by Gasteiger charge is -2.25. The van der Waals surface area contributed by atoms with Crippen molar-refractivity contribution in [3.8, 4) is 6.07 Å². The van der Waals surface area contributed by atoms with E-state index in [1.807, 2.05) is 25.1 Å². The molecule has 0 aliphatic carbocycles. The number of fused-ring (bicyclic) bond motifs is 1. The lowest BCUT2D eigenvalue weighted by atomic mass is 9.75. The molecule has 3 rings (SSSR count). The van der Waals surface area contributed by atoms with Crippen LogP contribution in [0.1, 0.15) is 24.6 Å². The third-order valence-corrected chi connectivity index (χ3v) is 5.21. The molecule has 0 saturated carbocycles. The minimum atomic E-state index is -3.45. The summed E-state index contributed by atoms with van der Waals surface area (Å²) < 4.78 is 25.7. The summed E-state index contributed by atoms with van der Waals surface area (Å²) in [7, 11) is -3.45. The summed E-state index contributed by atoms with van der Waals surface area (Å²) in [4.78, 5) is 0. The Morgan fingerprint density at radius 3 is 2.54 bits per heavy atom. The molecule has 1 aromatic heterocycles. The second kappa shape index (κ2) is 6.63. The Morgan fingerprint density at radius 2 is 1.96 bits per heavy atom. The number of para-hydroxylation sites is 1. The van der Waals surface area contributed by atoms with Crippen molar-refractivity contribution in [2.75, 3.05) is 11.0 Å². The van der Waals surface area contributed by atoms with Gasteiger partial charge in [-0.05, 0) is 30.2 Å². The summed E-state index contributed by atoms with van der Waals surface area (Å²) in [5.41, 5.74) is 1.29. The van der Waals surface area contributed by atoms with Crippen LogP contribution in [0.25, 0.3) is 10.9 Å². The summed E-state index contributed by atoms with van der Waals surface area (Å²) in [6.07, 6.45) is 1.59. The molecule has 1 atom stereocenters. The van der Waals surface area contributed by atoms with Gasteiger partial charge in [-0.2, -0.15) is 10.4 Å². The summed E-state index contributed by atoms with van der Waals surface area (Å²) in [5, 5.41) is 18.6. The van der Waals surface area contributed by atoms with Gasteiger partial charge in [0.1, 0.15) is 10.9 Å². The SMILES string of the molecule is CCC(C#N)(c1ccc(Cl)cc1)c1[nH]nc2c(NS(C)(=O)=O)cccc12. The Kier molecular flexibility index (Phi) is 4.65. The first-order valence-electron chi connectivity index (χ1n) is 7.93. The quantitative estimate of drug-likeness (QED) is 0.694. The van der Waals surface area contributed by atoms with Crippen LogP contribution in [0.2, 0.25) is 5.02 Å². The highest BCUT2D eigenvalue weighted by Gasteiger charge is 2.36. The van der Waals surface area contributed by atoms with E-state index in [2.05, 4.69) is 21.0 Å². The van der Waals surface area contributed by atoms with Gasteiger partial charge in [-0.3, -0.25) is 9.82 Å². The molecule has 6 nitrogen and oxygen atoms in total. The highest BCUT2D eigenvalue weighted by atomic mass is 35.5. The van der Waals surface area contributed by atoms with Crippen LogP contribution in [-0.2, 0) is 15.4 Å². The van der Waals surface area contributed by atoms with Gasteiger partial charge in [-0.15, -0.1) is 0 Å². The maximum Gasteiger partial charge on any atom is 0.229 e. The molecule has 2 aromatic carbocycles. The van der Waals surface area contributed by atoms with Crippen LogP contribution in [0, 0.1) is 11.3 Å². The number of anilines is 1. The number of H-pyrrole nitrogens is 1. The Labute approximate surface area is 156 Å². The van der Waals surface area contributed by atoms with Crippen LogP contribution in [0.3, 0.4) is 0 Å². The number of sulfonamides is 1. The Balaban J connectivity index is 2.24. The molecule has 0 saturated heterocycles. The van der Waals surface area contributed by atoms with Gasteiger partial charge in [0.25, 0.3) is 0 Å².